The number of thiophene rings is 4. The van der Waals surface area contributed by atoms with Gasteiger partial charge in [-0.3, -0.25) is 4.79 Å². The molecule has 4 aromatic rings. The third-order valence-electron chi connectivity index (χ3n) is 5.12. The summed E-state index contributed by atoms with van der Waals surface area (Å²) in [6.45, 7) is 8.41. The lowest BCUT2D eigenvalue weighted by molar-refractivity contribution is 0.104. The van der Waals surface area contributed by atoms with Gasteiger partial charge in [0.1, 0.15) is 0 Å². The van der Waals surface area contributed by atoms with E-state index in [0.717, 1.165) is 39.6 Å². The van der Waals surface area contributed by atoms with Crippen molar-refractivity contribution < 1.29 is 4.79 Å². The summed E-state index contributed by atoms with van der Waals surface area (Å²) in [5.41, 5.74) is 6.57. The molecular weight excluding hydrogens is 556 g/mol. The molecule has 7 heteroatoms. The summed E-state index contributed by atoms with van der Waals surface area (Å²) in [4.78, 5) is 20.6. The van der Waals surface area contributed by atoms with E-state index >= 15 is 0 Å². The van der Waals surface area contributed by atoms with Crippen molar-refractivity contribution in [2.45, 2.75) is 27.7 Å². The summed E-state index contributed by atoms with van der Waals surface area (Å²) in [6, 6.07) is 4.43. The molecule has 0 unspecified atom stereocenters. The van der Waals surface area contributed by atoms with Gasteiger partial charge in [0.15, 0.2) is 5.78 Å². The summed E-state index contributed by atoms with van der Waals surface area (Å²) in [7, 11) is 0. The first-order valence-corrected chi connectivity index (χ1v) is 13.5. The van der Waals surface area contributed by atoms with Crippen molar-refractivity contribution in [2.75, 3.05) is 0 Å². The SMILES string of the molecule is Cc1cc(-c2sc3c(c2C)C(=O)c2c-3sc(-c3cc(C)c(Br)s3)c2C)sc1Br. The molecule has 0 spiro atoms. The predicted molar refractivity (Wildman–Crippen MR) is 132 cm³/mol. The Hall–Kier alpha value is -0.570. The van der Waals surface area contributed by atoms with Crippen LogP contribution in [-0.4, -0.2) is 5.78 Å². The summed E-state index contributed by atoms with van der Waals surface area (Å²) in [5.74, 6) is 0.199. The summed E-state index contributed by atoms with van der Waals surface area (Å²) in [6.07, 6.45) is 0. The van der Waals surface area contributed by atoms with Crippen LogP contribution in [0.3, 0.4) is 0 Å². The van der Waals surface area contributed by atoms with Crippen LogP contribution >= 0.6 is 77.2 Å². The molecule has 0 radical (unpaired) electrons. The number of rotatable bonds is 2. The van der Waals surface area contributed by atoms with E-state index in [-0.39, 0.29) is 5.78 Å². The fourth-order valence-corrected chi connectivity index (χ4v) is 9.77. The van der Waals surface area contributed by atoms with Crippen molar-refractivity contribution in [3.63, 3.8) is 0 Å². The third kappa shape index (κ3) is 2.67. The fourth-order valence-electron chi connectivity index (χ4n) is 3.63. The number of carbonyl (C=O) groups excluding carboxylic acids is 1. The minimum atomic E-state index is 0.199. The first-order chi connectivity index (χ1) is 13.3. The van der Waals surface area contributed by atoms with Gasteiger partial charge in [0.2, 0.25) is 0 Å². The first-order valence-electron chi connectivity index (χ1n) is 8.62. The molecular formula is C21H14Br2OS4. The Kier molecular flexibility index (Phi) is 4.66. The zero-order valence-electron chi connectivity index (χ0n) is 15.5. The van der Waals surface area contributed by atoms with Crippen molar-refractivity contribution in [1.29, 1.82) is 0 Å². The molecule has 0 atom stereocenters. The van der Waals surface area contributed by atoms with Gasteiger partial charge in [-0.15, -0.1) is 45.3 Å². The van der Waals surface area contributed by atoms with E-state index in [0.29, 0.717) is 0 Å². The lowest BCUT2D eigenvalue weighted by Crippen LogP contribution is -1.98. The third-order valence-corrected chi connectivity index (χ3v) is 12.5. The molecule has 0 aliphatic heterocycles. The van der Waals surface area contributed by atoms with Crippen molar-refractivity contribution in [3.05, 3.63) is 53.1 Å². The molecule has 28 heavy (non-hydrogen) atoms. The number of carbonyl (C=O) groups is 1. The smallest absolute Gasteiger partial charge is 0.196 e. The number of hydrogen-bond acceptors (Lipinski definition) is 5. The minimum absolute atomic E-state index is 0.199. The van der Waals surface area contributed by atoms with E-state index in [1.807, 2.05) is 0 Å². The van der Waals surface area contributed by atoms with Gasteiger partial charge in [0, 0.05) is 30.6 Å². The van der Waals surface area contributed by atoms with E-state index in [1.54, 1.807) is 45.3 Å². The second kappa shape index (κ2) is 6.72. The Morgan fingerprint density at radius 1 is 0.643 bits per heavy atom. The van der Waals surface area contributed by atoms with Crippen molar-refractivity contribution in [1.82, 2.24) is 0 Å². The van der Waals surface area contributed by atoms with Gasteiger partial charge in [0.25, 0.3) is 0 Å². The van der Waals surface area contributed by atoms with Gasteiger partial charge >= 0.3 is 0 Å². The first kappa shape index (κ1) is 19.4. The molecule has 5 rings (SSSR count). The van der Waals surface area contributed by atoms with E-state index < -0.39 is 0 Å². The highest BCUT2D eigenvalue weighted by atomic mass is 79.9. The summed E-state index contributed by atoms with van der Waals surface area (Å²) < 4.78 is 2.32. The van der Waals surface area contributed by atoms with Crippen LogP contribution in [0.5, 0.6) is 0 Å². The van der Waals surface area contributed by atoms with Gasteiger partial charge in [-0.2, -0.15) is 0 Å². The molecule has 1 aliphatic rings. The molecule has 0 amide bonds. The average molecular weight is 570 g/mol. The predicted octanol–water partition coefficient (Wildman–Crippen LogP) is 9.24. The highest BCUT2D eigenvalue weighted by Gasteiger charge is 2.37. The topological polar surface area (TPSA) is 17.1 Å². The highest BCUT2D eigenvalue weighted by Crippen LogP contribution is 2.56. The Balaban J connectivity index is 1.70. The second-order valence-electron chi connectivity index (χ2n) is 6.98. The van der Waals surface area contributed by atoms with Crippen LogP contribution in [0.4, 0.5) is 0 Å². The Morgan fingerprint density at radius 3 is 1.36 bits per heavy atom. The quantitative estimate of drug-likeness (QED) is 0.207. The van der Waals surface area contributed by atoms with Crippen LogP contribution in [0, 0.1) is 27.7 Å². The molecule has 0 bridgehead atoms. The van der Waals surface area contributed by atoms with Crippen LogP contribution < -0.4 is 0 Å². The van der Waals surface area contributed by atoms with Gasteiger partial charge in [-0.05, 0) is 93.9 Å². The van der Waals surface area contributed by atoms with Crippen molar-refractivity contribution >= 4 is 83.0 Å². The maximum Gasteiger partial charge on any atom is 0.196 e. The number of ketones is 1. The molecule has 0 aromatic carbocycles. The second-order valence-corrected chi connectivity index (χ2v) is 13.8. The largest absolute Gasteiger partial charge is 0.288 e. The molecule has 1 nitrogen and oxygen atoms in total. The number of fused-ring (bicyclic) bond motifs is 3. The van der Waals surface area contributed by atoms with E-state index in [9.17, 15) is 4.79 Å². The van der Waals surface area contributed by atoms with Gasteiger partial charge in [-0.25, -0.2) is 0 Å². The zero-order chi connectivity index (χ0) is 19.9. The number of hydrogen-bond donors (Lipinski definition) is 0. The maximum atomic E-state index is 13.4. The average Bonchev–Trinajstić information content (AvgIpc) is 3.38. The van der Waals surface area contributed by atoms with Crippen LogP contribution in [0.1, 0.15) is 38.2 Å². The molecule has 4 aromatic heterocycles. The lowest BCUT2D eigenvalue weighted by atomic mass is 10.0. The highest BCUT2D eigenvalue weighted by molar-refractivity contribution is 9.11. The molecule has 1 aliphatic carbocycles. The molecule has 142 valence electrons. The Labute approximate surface area is 196 Å². The summed E-state index contributed by atoms with van der Waals surface area (Å²) in [5, 5.41) is 0. The standard InChI is InChI=1S/C21H14Br2OS4/c1-7-5-11(25-20(7)22)16-9(3)13-15(24)14-10(4)17(28-19(14)18(13)27-16)12-6-8(2)21(23)26-12/h5-6H,1-4H3. The number of halogens is 2. The fraction of sp³-hybridized carbons (Fsp3) is 0.190. The van der Waals surface area contributed by atoms with E-state index in [2.05, 4.69) is 71.7 Å². The Bertz CT molecular complexity index is 1160. The molecule has 0 saturated carbocycles. The molecule has 0 fully saturated rings. The van der Waals surface area contributed by atoms with Gasteiger partial charge < -0.3 is 0 Å². The minimum Gasteiger partial charge on any atom is -0.288 e. The monoisotopic (exact) mass is 568 g/mol. The van der Waals surface area contributed by atoms with Crippen molar-refractivity contribution in [3.8, 4) is 29.3 Å². The normalized spacial score (nSPS) is 12.7. The van der Waals surface area contributed by atoms with Crippen LogP contribution in [0.15, 0.2) is 19.7 Å². The molecule has 0 saturated heterocycles. The molecule has 4 heterocycles. The lowest BCUT2D eigenvalue weighted by Gasteiger charge is -2.00. The van der Waals surface area contributed by atoms with Crippen molar-refractivity contribution in [2.24, 2.45) is 0 Å². The van der Waals surface area contributed by atoms with Gasteiger partial charge in [-0.1, -0.05) is 0 Å². The zero-order valence-corrected chi connectivity index (χ0v) is 21.9. The maximum absolute atomic E-state index is 13.4. The Morgan fingerprint density at radius 2 is 1.04 bits per heavy atom. The van der Waals surface area contributed by atoms with Crippen LogP contribution in [0.25, 0.3) is 29.3 Å². The van der Waals surface area contributed by atoms with E-state index in [4.69, 9.17) is 0 Å². The van der Waals surface area contributed by atoms with Crippen LogP contribution in [0.2, 0.25) is 0 Å². The van der Waals surface area contributed by atoms with Gasteiger partial charge in [0.05, 0.1) is 17.3 Å². The van der Waals surface area contributed by atoms with E-state index in [1.165, 1.54) is 30.6 Å². The van der Waals surface area contributed by atoms with Crippen LogP contribution in [-0.2, 0) is 0 Å². The number of aryl methyl sites for hydroxylation is 2. The summed E-state index contributed by atoms with van der Waals surface area (Å²) >= 11 is 14.3. The molecule has 0 N–H and O–H groups in total.